The highest BCUT2D eigenvalue weighted by atomic mass is 16.6. The van der Waals surface area contributed by atoms with E-state index in [1.807, 2.05) is 0 Å². The number of aryl methyl sites for hydroxylation is 2. The van der Waals surface area contributed by atoms with Crippen LogP contribution in [0.15, 0.2) is 0 Å². The summed E-state index contributed by atoms with van der Waals surface area (Å²) in [4.78, 5) is 27.4. The number of carbonyl (C=O) groups excluding carboxylic acids is 1. The summed E-state index contributed by atoms with van der Waals surface area (Å²) in [5.41, 5.74) is -2.25. The second-order valence-electron chi connectivity index (χ2n) is 6.13. The Hall–Kier alpha value is -2.12. The van der Waals surface area contributed by atoms with E-state index in [4.69, 9.17) is 4.74 Å². The van der Waals surface area contributed by atoms with E-state index in [0.717, 1.165) is 0 Å². The average molecular weight is 298 g/mol. The van der Waals surface area contributed by atoms with E-state index in [1.54, 1.807) is 34.6 Å². The fourth-order valence-corrected chi connectivity index (χ4v) is 1.70. The lowest BCUT2D eigenvalue weighted by atomic mass is 10.0. The third-order valence-electron chi connectivity index (χ3n) is 2.68. The summed E-state index contributed by atoms with van der Waals surface area (Å²) in [7, 11) is 0. The van der Waals surface area contributed by atoms with Crippen molar-refractivity contribution in [3.05, 3.63) is 11.6 Å². The first-order valence-electron chi connectivity index (χ1n) is 6.55. The minimum Gasteiger partial charge on any atom is -0.479 e. The molecule has 0 saturated heterocycles. The number of hydrogen-bond acceptors (Lipinski definition) is 5. The Morgan fingerprint density at radius 1 is 1.29 bits per heavy atom. The number of alkyl carbamates (subject to hydrolysis) is 1. The van der Waals surface area contributed by atoms with Crippen molar-refractivity contribution in [2.75, 3.05) is 0 Å². The predicted molar refractivity (Wildman–Crippen MR) is 74.9 cm³/mol. The molecule has 1 unspecified atom stereocenters. The van der Waals surface area contributed by atoms with Crippen molar-refractivity contribution in [2.24, 2.45) is 0 Å². The molecule has 0 saturated carbocycles. The number of ether oxygens (including phenoxy) is 1. The quantitative estimate of drug-likeness (QED) is 0.866. The number of hydrogen-bond donors (Lipinski definition) is 2. The Labute approximate surface area is 123 Å². The highest BCUT2D eigenvalue weighted by molar-refractivity contribution is 5.83. The Morgan fingerprint density at radius 3 is 2.24 bits per heavy atom. The van der Waals surface area contributed by atoms with Crippen molar-refractivity contribution >= 4 is 12.1 Å². The van der Waals surface area contributed by atoms with Gasteiger partial charge in [0.25, 0.3) is 0 Å². The molecule has 21 heavy (non-hydrogen) atoms. The summed E-state index contributed by atoms with van der Waals surface area (Å²) in [6, 6.07) is 0. The van der Waals surface area contributed by atoms with Crippen LogP contribution in [0.3, 0.4) is 0 Å². The molecule has 1 atom stereocenters. The number of nitrogens with one attached hydrogen (secondary N) is 1. The topological polar surface area (TPSA) is 106 Å². The van der Waals surface area contributed by atoms with Gasteiger partial charge < -0.3 is 15.2 Å². The van der Waals surface area contributed by atoms with Crippen LogP contribution < -0.4 is 5.32 Å². The maximum absolute atomic E-state index is 11.8. The Balaban J connectivity index is 2.91. The van der Waals surface area contributed by atoms with Gasteiger partial charge in [-0.2, -0.15) is 5.10 Å². The molecule has 8 nitrogen and oxygen atoms in total. The number of amides is 1. The van der Waals surface area contributed by atoms with Crippen LogP contribution in [0, 0.1) is 13.8 Å². The highest BCUT2D eigenvalue weighted by Gasteiger charge is 2.37. The molecule has 0 fully saturated rings. The zero-order valence-electron chi connectivity index (χ0n) is 13.2. The van der Waals surface area contributed by atoms with E-state index >= 15 is 0 Å². The maximum Gasteiger partial charge on any atom is 0.408 e. The molecular weight excluding hydrogens is 276 g/mol. The number of rotatable bonds is 4. The second kappa shape index (κ2) is 5.71. The standard InChI is InChI=1S/C13H22N4O4/c1-8-14-9(2)17(16-8)7-13(6,10(18)19)15-11(20)21-12(3,4)5/h7H2,1-6H3,(H,15,20)(H,18,19). The second-order valence-corrected chi connectivity index (χ2v) is 6.13. The molecule has 1 amide bonds. The van der Waals surface area contributed by atoms with Crippen molar-refractivity contribution in [3.8, 4) is 0 Å². The lowest BCUT2D eigenvalue weighted by Crippen LogP contribution is -2.56. The summed E-state index contributed by atoms with van der Waals surface area (Å²) < 4.78 is 6.54. The number of aliphatic carboxylic acids is 1. The first-order chi connectivity index (χ1) is 9.43. The summed E-state index contributed by atoms with van der Waals surface area (Å²) in [5, 5.41) is 15.9. The molecule has 0 aliphatic rings. The first-order valence-corrected chi connectivity index (χ1v) is 6.55. The van der Waals surface area contributed by atoms with E-state index in [1.165, 1.54) is 11.6 Å². The van der Waals surface area contributed by atoms with Gasteiger partial charge in [-0.3, -0.25) is 0 Å². The SMILES string of the molecule is Cc1nc(C)n(CC(C)(NC(=O)OC(C)(C)C)C(=O)O)n1. The number of carboxylic acid groups (broad SMARTS) is 1. The zero-order chi connectivity index (χ0) is 16.4. The van der Waals surface area contributed by atoms with Crippen LogP contribution in [0.1, 0.15) is 39.3 Å². The van der Waals surface area contributed by atoms with Gasteiger partial charge in [0.2, 0.25) is 0 Å². The van der Waals surface area contributed by atoms with Gasteiger partial charge in [-0.05, 0) is 41.5 Å². The number of carboxylic acids is 1. The van der Waals surface area contributed by atoms with E-state index in [-0.39, 0.29) is 6.54 Å². The first kappa shape index (κ1) is 16.9. The minimum absolute atomic E-state index is 0.0474. The molecule has 0 aliphatic heterocycles. The Bertz CT molecular complexity index is 547. The Morgan fingerprint density at radius 2 is 1.86 bits per heavy atom. The van der Waals surface area contributed by atoms with Crippen LogP contribution >= 0.6 is 0 Å². The van der Waals surface area contributed by atoms with Crippen LogP contribution in [0.25, 0.3) is 0 Å². The Kier molecular flexibility index (Phi) is 4.60. The molecular formula is C13H22N4O4. The van der Waals surface area contributed by atoms with Gasteiger partial charge in [-0.1, -0.05) is 0 Å². The van der Waals surface area contributed by atoms with Gasteiger partial charge >= 0.3 is 12.1 Å². The van der Waals surface area contributed by atoms with Crippen LogP contribution in [0.5, 0.6) is 0 Å². The van der Waals surface area contributed by atoms with E-state index < -0.39 is 23.2 Å². The lowest BCUT2D eigenvalue weighted by Gasteiger charge is -2.28. The molecule has 8 heteroatoms. The van der Waals surface area contributed by atoms with Gasteiger partial charge in [0, 0.05) is 0 Å². The molecule has 0 bridgehead atoms. The van der Waals surface area contributed by atoms with Gasteiger partial charge in [0.15, 0.2) is 5.54 Å². The third-order valence-corrected chi connectivity index (χ3v) is 2.68. The maximum atomic E-state index is 11.8. The number of nitrogens with zero attached hydrogens (tertiary/aromatic N) is 3. The monoisotopic (exact) mass is 298 g/mol. The van der Waals surface area contributed by atoms with Crippen LogP contribution in [-0.4, -0.2) is 43.1 Å². The summed E-state index contributed by atoms with van der Waals surface area (Å²) >= 11 is 0. The van der Waals surface area contributed by atoms with Crippen LogP contribution in [0.2, 0.25) is 0 Å². The summed E-state index contributed by atoms with van der Waals surface area (Å²) in [6.45, 7) is 9.89. The smallest absolute Gasteiger partial charge is 0.408 e. The van der Waals surface area contributed by atoms with Gasteiger partial charge in [0.1, 0.15) is 17.2 Å². The van der Waals surface area contributed by atoms with E-state index in [2.05, 4.69) is 15.4 Å². The minimum atomic E-state index is -1.55. The van der Waals surface area contributed by atoms with Gasteiger partial charge in [-0.25, -0.2) is 19.3 Å². The molecule has 0 aromatic carbocycles. The van der Waals surface area contributed by atoms with E-state index in [0.29, 0.717) is 11.6 Å². The summed E-state index contributed by atoms with van der Waals surface area (Å²) in [6.07, 6.45) is -0.790. The van der Waals surface area contributed by atoms with Crippen molar-refractivity contribution in [1.82, 2.24) is 20.1 Å². The molecule has 1 rings (SSSR count). The molecule has 2 N–H and O–H groups in total. The van der Waals surface area contributed by atoms with Gasteiger partial charge in [-0.15, -0.1) is 0 Å². The fourth-order valence-electron chi connectivity index (χ4n) is 1.70. The molecule has 0 spiro atoms. The van der Waals surface area contributed by atoms with Crippen molar-refractivity contribution in [1.29, 1.82) is 0 Å². The van der Waals surface area contributed by atoms with Crippen LogP contribution in [0.4, 0.5) is 4.79 Å². The predicted octanol–water partition coefficient (Wildman–Crippen LogP) is 1.26. The van der Waals surface area contributed by atoms with E-state index in [9.17, 15) is 14.7 Å². The molecule has 1 aromatic heterocycles. The molecule has 0 aliphatic carbocycles. The highest BCUT2D eigenvalue weighted by Crippen LogP contribution is 2.13. The molecule has 1 heterocycles. The van der Waals surface area contributed by atoms with Crippen molar-refractivity contribution in [2.45, 2.75) is 59.2 Å². The van der Waals surface area contributed by atoms with Crippen molar-refractivity contribution in [3.63, 3.8) is 0 Å². The molecule has 0 radical (unpaired) electrons. The lowest BCUT2D eigenvalue weighted by molar-refractivity contribution is -0.144. The van der Waals surface area contributed by atoms with Gasteiger partial charge in [0.05, 0.1) is 6.54 Å². The van der Waals surface area contributed by atoms with Crippen molar-refractivity contribution < 1.29 is 19.4 Å². The number of aromatic nitrogens is 3. The fraction of sp³-hybridized carbons (Fsp3) is 0.692. The normalized spacial score (nSPS) is 14.4. The third kappa shape index (κ3) is 4.73. The number of carbonyl (C=O) groups is 2. The zero-order valence-corrected chi connectivity index (χ0v) is 13.2. The molecule has 1 aromatic rings. The van der Waals surface area contributed by atoms with Crippen LogP contribution in [-0.2, 0) is 16.1 Å². The largest absolute Gasteiger partial charge is 0.479 e. The summed E-state index contributed by atoms with van der Waals surface area (Å²) in [5.74, 6) is -0.0654. The molecule has 118 valence electrons. The average Bonchev–Trinajstić information content (AvgIpc) is 2.53.